The molecule has 5 rings (SSSR count). The first-order valence-corrected chi connectivity index (χ1v) is 11.2. The average Bonchev–Trinajstić information content (AvgIpc) is 3.07. The molecule has 0 atom stereocenters. The molecule has 0 bridgehead atoms. The molecule has 2 aromatic rings. The number of aromatic nitrogens is 1. The minimum Gasteiger partial charge on any atom is -0.451 e. The second kappa shape index (κ2) is 7.86. The van der Waals surface area contributed by atoms with Gasteiger partial charge in [-0.25, -0.2) is 4.79 Å². The molecule has 0 saturated heterocycles. The molecular formula is C25H28N2O3. The van der Waals surface area contributed by atoms with Gasteiger partial charge in [0.2, 0.25) is 5.91 Å². The van der Waals surface area contributed by atoms with Gasteiger partial charge < -0.3 is 10.1 Å². The van der Waals surface area contributed by atoms with Gasteiger partial charge in [0.25, 0.3) is 0 Å². The molecule has 5 nitrogen and oxygen atoms in total. The number of benzene rings is 1. The van der Waals surface area contributed by atoms with Gasteiger partial charge in [0.05, 0.1) is 5.56 Å². The Labute approximate surface area is 177 Å². The lowest BCUT2D eigenvalue weighted by Crippen LogP contribution is -2.43. The van der Waals surface area contributed by atoms with Crippen LogP contribution in [0, 0.1) is 5.92 Å². The van der Waals surface area contributed by atoms with E-state index in [0.717, 1.165) is 44.1 Å². The van der Waals surface area contributed by atoms with Crippen LogP contribution < -0.4 is 5.32 Å². The second-order valence-corrected chi connectivity index (χ2v) is 9.05. The SMILES string of the molecule is O=C1OC2(CCC(C(=O)N[C@H]3CC[C@H](c4ccccc4)CC3)CC2)c2ccncc21. The van der Waals surface area contributed by atoms with Crippen LogP contribution in [0.5, 0.6) is 0 Å². The normalized spacial score (nSPS) is 30.5. The lowest BCUT2D eigenvalue weighted by atomic mass is 9.74. The van der Waals surface area contributed by atoms with Crippen LogP contribution in [-0.4, -0.2) is 22.9 Å². The van der Waals surface area contributed by atoms with Gasteiger partial charge in [0, 0.05) is 29.9 Å². The van der Waals surface area contributed by atoms with E-state index in [1.54, 1.807) is 12.4 Å². The van der Waals surface area contributed by atoms with Crippen LogP contribution in [0.4, 0.5) is 0 Å². The van der Waals surface area contributed by atoms with Crippen LogP contribution in [0.1, 0.15) is 78.8 Å². The van der Waals surface area contributed by atoms with Crippen molar-refractivity contribution in [3.8, 4) is 0 Å². The van der Waals surface area contributed by atoms with Crippen LogP contribution in [0.2, 0.25) is 0 Å². The Balaban J connectivity index is 1.15. The van der Waals surface area contributed by atoms with E-state index < -0.39 is 5.60 Å². The molecule has 1 N–H and O–H groups in total. The molecule has 30 heavy (non-hydrogen) atoms. The largest absolute Gasteiger partial charge is 0.451 e. The van der Waals surface area contributed by atoms with Gasteiger partial charge in [-0.3, -0.25) is 9.78 Å². The van der Waals surface area contributed by atoms with Crippen LogP contribution in [-0.2, 0) is 15.1 Å². The molecule has 1 aromatic heterocycles. The number of carbonyl (C=O) groups is 2. The molecule has 156 valence electrons. The van der Waals surface area contributed by atoms with E-state index in [2.05, 4.69) is 40.6 Å². The van der Waals surface area contributed by atoms with Crippen LogP contribution in [0.15, 0.2) is 48.8 Å². The summed E-state index contributed by atoms with van der Waals surface area (Å²) < 4.78 is 5.78. The second-order valence-electron chi connectivity index (χ2n) is 9.05. The summed E-state index contributed by atoms with van der Waals surface area (Å²) in [6.07, 6.45) is 10.6. The summed E-state index contributed by atoms with van der Waals surface area (Å²) >= 11 is 0. The van der Waals surface area contributed by atoms with E-state index in [-0.39, 0.29) is 23.8 Å². The van der Waals surface area contributed by atoms with Gasteiger partial charge >= 0.3 is 5.97 Å². The summed E-state index contributed by atoms with van der Waals surface area (Å²) in [6.45, 7) is 0. The smallest absolute Gasteiger partial charge is 0.341 e. The highest BCUT2D eigenvalue weighted by Gasteiger charge is 2.48. The summed E-state index contributed by atoms with van der Waals surface area (Å²) in [5.41, 5.74) is 2.39. The Morgan fingerprint density at radius 3 is 2.47 bits per heavy atom. The van der Waals surface area contributed by atoms with Gasteiger partial charge in [-0.15, -0.1) is 0 Å². The predicted molar refractivity (Wildman–Crippen MR) is 113 cm³/mol. The van der Waals surface area contributed by atoms with E-state index in [0.29, 0.717) is 24.3 Å². The molecule has 1 amide bonds. The summed E-state index contributed by atoms with van der Waals surface area (Å²) in [7, 11) is 0. The van der Waals surface area contributed by atoms with Crippen molar-refractivity contribution in [1.29, 1.82) is 0 Å². The molecule has 0 radical (unpaired) electrons. The molecule has 1 spiro atoms. The van der Waals surface area contributed by atoms with E-state index in [1.807, 2.05) is 6.07 Å². The Bertz CT molecular complexity index is 926. The Morgan fingerprint density at radius 1 is 1.00 bits per heavy atom. The maximum absolute atomic E-state index is 12.9. The third kappa shape index (κ3) is 3.51. The van der Waals surface area contributed by atoms with Crippen LogP contribution in [0.3, 0.4) is 0 Å². The van der Waals surface area contributed by atoms with Crippen molar-refractivity contribution in [3.63, 3.8) is 0 Å². The van der Waals surface area contributed by atoms with Crippen molar-refractivity contribution in [2.24, 2.45) is 5.92 Å². The van der Waals surface area contributed by atoms with E-state index >= 15 is 0 Å². The number of amides is 1. The highest BCUT2D eigenvalue weighted by molar-refractivity contribution is 5.94. The highest BCUT2D eigenvalue weighted by Crippen LogP contribution is 2.48. The number of hydrogen-bond acceptors (Lipinski definition) is 4. The first-order valence-electron chi connectivity index (χ1n) is 11.2. The number of fused-ring (bicyclic) bond motifs is 2. The quantitative estimate of drug-likeness (QED) is 0.766. The van der Waals surface area contributed by atoms with Crippen LogP contribution >= 0.6 is 0 Å². The van der Waals surface area contributed by atoms with Gasteiger partial charge in [0.1, 0.15) is 5.60 Å². The predicted octanol–water partition coefficient (Wildman–Crippen LogP) is 4.48. The molecule has 2 saturated carbocycles. The van der Waals surface area contributed by atoms with Gasteiger partial charge in [-0.05, 0) is 68.9 Å². The number of ether oxygens (including phenoxy) is 1. The number of hydrogen-bond donors (Lipinski definition) is 1. The molecule has 5 heteroatoms. The third-order valence-electron chi connectivity index (χ3n) is 7.33. The summed E-state index contributed by atoms with van der Waals surface area (Å²) in [6, 6.07) is 12.9. The molecular weight excluding hydrogens is 376 g/mol. The summed E-state index contributed by atoms with van der Waals surface area (Å²) in [5, 5.41) is 3.31. The minimum absolute atomic E-state index is 0.00654. The maximum atomic E-state index is 12.9. The van der Waals surface area contributed by atoms with E-state index in [9.17, 15) is 9.59 Å². The van der Waals surface area contributed by atoms with Crippen molar-refractivity contribution in [2.75, 3.05) is 0 Å². The Kier molecular flexibility index (Phi) is 5.05. The number of nitrogens with zero attached hydrogens (tertiary/aromatic N) is 1. The topological polar surface area (TPSA) is 68.3 Å². The van der Waals surface area contributed by atoms with E-state index in [1.165, 1.54) is 5.56 Å². The number of carbonyl (C=O) groups excluding carboxylic acids is 2. The monoisotopic (exact) mass is 404 g/mol. The van der Waals surface area contributed by atoms with Crippen LogP contribution in [0.25, 0.3) is 0 Å². The zero-order valence-corrected chi connectivity index (χ0v) is 17.2. The summed E-state index contributed by atoms with van der Waals surface area (Å²) in [5.74, 6) is 0.510. The van der Waals surface area contributed by atoms with Crippen molar-refractivity contribution in [1.82, 2.24) is 10.3 Å². The lowest BCUT2D eigenvalue weighted by molar-refractivity contribution is -0.129. The van der Waals surface area contributed by atoms with Gasteiger partial charge in [-0.1, -0.05) is 30.3 Å². The number of esters is 1. The Morgan fingerprint density at radius 2 is 1.73 bits per heavy atom. The van der Waals surface area contributed by atoms with Crippen molar-refractivity contribution in [3.05, 3.63) is 65.5 Å². The van der Waals surface area contributed by atoms with Crippen molar-refractivity contribution in [2.45, 2.75) is 68.9 Å². The maximum Gasteiger partial charge on any atom is 0.341 e. The zero-order valence-electron chi connectivity index (χ0n) is 17.2. The van der Waals surface area contributed by atoms with E-state index in [4.69, 9.17) is 4.74 Å². The van der Waals surface area contributed by atoms with Crippen molar-refractivity contribution < 1.29 is 14.3 Å². The lowest BCUT2D eigenvalue weighted by Gasteiger charge is -2.37. The fourth-order valence-corrected chi connectivity index (χ4v) is 5.57. The number of rotatable bonds is 3. The third-order valence-corrected chi connectivity index (χ3v) is 7.33. The van der Waals surface area contributed by atoms with Gasteiger partial charge in [0.15, 0.2) is 0 Å². The van der Waals surface area contributed by atoms with Gasteiger partial charge in [-0.2, -0.15) is 0 Å². The average molecular weight is 405 g/mol. The number of nitrogens with one attached hydrogen (secondary N) is 1. The fraction of sp³-hybridized carbons (Fsp3) is 0.480. The number of pyridine rings is 1. The van der Waals surface area contributed by atoms with Crippen molar-refractivity contribution >= 4 is 11.9 Å². The molecule has 0 unspecified atom stereocenters. The minimum atomic E-state index is -0.556. The molecule has 1 aliphatic heterocycles. The zero-order chi connectivity index (χ0) is 20.6. The fourth-order valence-electron chi connectivity index (χ4n) is 5.57. The summed E-state index contributed by atoms with van der Waals surface area (Å²) in [4.78, 5) is 29.2. The standard InChI is InChI=1S/C25H28N2O3/c28-23(27-20-8-6-18(7-9-20)17-4-2-1-3-5-17)19-10-13-25(14-11-19)22-12-15-26-16-21(22)24(29)30-25/h1-5,12,15-16,18-20H,6-11,13-14H2,(H,27,28)/t18-,19?,20-,25?. The molecule has 1 aromatic carbocycles. The molecule has 2 aliphatic carbocycles. The molecule has 2 fully saturated rings. The highest BCUT2D eigenvalue weighted by atomic mass is 16.6. The Hall–Kier alpha value is -2.69. The first kappa shape index (κ1) is 19.3. The molecule has 3 aliphatic rings. The molecule has 2 heterocycles. The first-order chi connectivity index (χ1) is 14.6.